The van der Waals surface area contributed by atoms with Gasteiger partial charge in [-0.2, -0.15) is 0 Å². The van der Waals surface area contributed by atoms with Gasteiger partial charge < -0.3 is 19.9 Å². The third-order valence-electron chi connectivity index (χ3n) is 4.69. The van der Waals surface area contributed by atoms with E-state index in [1.807, 2.05) is 4.90 Å². The predicted octanol–water partition coefficient (Wildman–Crippen LogP) is -0.0514. The van der Waals surface area contributed by atoms with E-state index in [1.165, 1.54) is 0 Å². The summed E-state index contributed by atoms with van der Waals surface area (Å²) >= 11 is 0. The SMILES string of the molecule is O=C(NCCCn1ccnn1)N1CCC[C@H](C(=O)N2CCOCC2)C1. The maximum atomic E-state index is 12.6. The Morgan fingerprint density at radius 2 is 2.04 bits per heavy atom. The van der Waals surface area contributed by atoms with Crippen LogP contribution in [0, 0.1) is 5.92 Å². The minimum Gasteiger partial charge on any atom is -0.378 e. The molecule has 138 valence electrons. The van der Waals surface area contributed by atoms with E-state index in [2.05, 4.69) is 15.6 Å². The largest absolute Gasteiger partial charge is 0.378 e. The molecule has 0 aliphatic carbocycles. The molecule has 2 aliphatic heterocycles. The molecule has 0 unspecified atom stereocenters. The van der Waals surface area contributed by atoms with Crippen molar-refractivity contribution in [1.29, 1.82) is 0 Å². The van der Waals surface area contributed by atoms with Gasteiger partial charge in [-0.05, 0) is 19.3 Å². The standard InChI is InChI=1S/C16H26N6O3/c23-15(20-9-11-25-12-10-20)14-3-1-6-21(13-14)16(24)17-4-2-7-22-8-5-18-19-22/h5,8,14H,1-4,6-7,9-13H2,(H,17,24)/t14-/m0/s1. The van der Waals surface area contributed by atoms with Crippen molar-refractivity contribution in [1.82, 2.24) is 30.1 Å². The number of nitrogens with zero attached hydrogens (tertiary/aromatic N) is 5. The van der Waals surface area contributed by atoms with Gasteiger partial charge in [0.05, 0.1) is 25.3 Å². The number of hydrogen-bond donors (Lipinski definition) is 1. The summed E-state index contributed by atoms with van der Waals surface area (Å²) in [5.41, 5.74) is 0. The third kappa shape index (κ3) is 4.91. The van der Waals surface area contributed by atoms with Gasteiger partial charge in [-0.1, -0.05) is 5.21 Å². The number of carbonyl (C=O) groups is 2. The smallest absolute Gasteiger partial charge is 0.317 e. The Kier molecular flexibility index (Phi) is 6.21. The lowest BCUT2D eigenvalue weighted by molar-refractivity contribution is -0.141. The van der Waals surface area contributed by atoms with E-state index in [0.29, 0.717) is 45.9 Å². The normalized spacial score (nSPS) is 21.2. The number of urea groups is 1. The topological polar surface area (TPSA) is 92.6 Å². The fourth-order valence-corrected chi connectivity index (χ4v) is 3.31. The van der Waals surface area contributed by atoms with Crippen LogP contribution in [0.25, 0.3) is 0 Å². The highest BCUT2D eigenvalue weighted by molar-refractivity contribution is 5.81. The molecule has 1 N–H and O–H groups in total. The Bertz CT molecular complexity index is 558. The molecule has 25 heavy (non-hydrogen) atoms. The van der Waals surface area contributed by atoms with Gasteiger partial charge >= 0.3 is 6.03 Å². The van der Waals surface area contributed by atoms with E-state index in [4.69, 9.17) is 4.74 Å². The highest BCUT2D eigenvalue weighted by Gasteiger charge is 2.31. The number of morpholine rings is 1. The van der Waals surface area contributed by atoms with Crippen molar-refractivity contribution < 1.29 is 14.3 Å². The summed E-state index contributed by atoms with van der Waals surface area (Å²) in [6.07, 6.45) is 5.95. The first-order valence-electron chi connectivity index (χ1n) is 8.97. The number of aromatic nitrogens is 3. The molecule has 1 atom stereocenters. The molecule has 2 fully saturated rings. The van der Waals surface area contributed by atoms with E-state index in [0.717, 1.165) is 25.8 Å². The summed E-state index contributed by atoms with van der Waals surface area (Å²) in [6.45, 7) is 5.04. The van der Waals surface area contributed by atoms with Gasteiger partial charge in [0.2, 0.25) is 5.91 Å². The molecule has 0 radical (unpaired) electrons. The lowest BCUT2D eigenvalue weighted by atomic mass is 9.96. The van der Waals surface area contributed by atoms with Gasteiger partial charge in [-0.15, -0.1) is 5.10 Å². The molecule has 2 aliphatic rings. The Morgan fingerprint density at radius 3 is 2.80 bits per heavy atom. The molecular weight excluding hydrogens is 324 g/mol. The lowest BCUT2D eigenvalue weighted by Crippen LogP contribution is -2.51. The Morgan fingerprint density at radius 1 is 1.20 bits per heavy atom. The van der Waals surface area contributed by atoms with Gasteiger partial charge in [-0.25, -0.2) is 4.79 Å². The Hall–Kier alpha value is -2.16. The summed E-state index contributed by atoms with van der Waals surface area (Å²) in [6, 6.07) is -0.0851. The maximum Gasteiger partial charge on any atom is 0.317 e. The fraction of sp³-hybridized carbons (Fsp3) is 0.750. The summed E-state index contributed by atoms with van der Waals surface area (Å²) in [5.74, 6) is 0.0692. The number of nitrogens with one attached hydrogen (secondary N) is 1. The van der Waals surface area contributed by atoms with E-state index in [-0.39, 0.29) is 17.9 Å². The molecule has 9 nitrogen and oxygen atoms in total. The molecular formula is C16H26N6O3. The van der Waals surface area contributed by atoms with Crippen molar-refractivity contribution in [2.75, 3.05) is 45.9 Å². The number of ether oxygens (including phenoxy) is 1. The van der Waals surface area contributed by atoms with Crippen molar-refractivity contribution in [2.24, 2.45) is 5.92 Å². The summed E-state index contributed by atoms with van der Waals surface area (Å²) < 4.78 is 7.04. The molecule has 1 aromatic heterocycles. The monoisotopic (exact) mass is 350 g/mol. The van der Waals surface area contributed by atoms with Gasteiger partial charge in [-0.3, -0.25) is 9.48 Å². The van der Waals surface area contributed by atoms with Crippen LogP contribution < -0.4 is 5.32 Å². The van der Waals surface area contributed by atoms with E-state index in [1.54, 1.807) is 22.0 Å². The highest BCUT2D eigenvalue weighted by atomic mass is 16.5. The summed E-state index contributed by atoms with van der Waals surface area (Å²) in [5, 5.41) is 10.6. The van der Waals surface area contributed by atoms with E-state index < -0.39 is 0 Å². The Balaban J connectivity index is 1.40. The quantitative estimate of drug-likeness (QED) is 0.752. The molecule has 0 bridgehead atoms. The van der Waals surface area contributed by atoms with Gasteiger partial charge in [0.15, 0.2) is 0 Å². The average Bonchev–Trinajstić information content (AvgIpc) is 3.19. The first kappa shape index (κ1) is 17.7. The first-order valence-corrected chi connectivity index (χ1v) is 8.97. The number of amides is 3. The highest BCUT2D eigenvalue weighted by Crippen LogP contribution is 2.19. The van der Waals surface area contributed by atoms with Crippen LogP contribution in [0.5, 0.6) is 0 Å². The number of hydrogen-bond acceptors (Lipinski definition) is 5. The minimum atomic E-state index is -0.0900. The predicted molar refractivity (Wildman–Crippen MR) is 89.7 cm³/mol. The first-order chi connectivity index (χ1) is 12.2. The van der Waals surface area contributed by atoms with Crippen LogP contribution in [0.4, 0.5) is 4.79 Å². The second-order valence-corrected chi connectivity index (χ2v) is 6.47. The van der Waals surface area contributed by atoms with Crippen molar-refractivity contribution in [3.63, 3.8) is 0 Å². The average molecular weight is 350 g/mol. The number of likely N-dealkylation sites (tertiary alicyclic amines) is 1. The van der Waals surface area contributed by atoms with Crippen molar-refractivity contribution in [3.05, 3.63) is 12.4 Å². The molecule has 0 spiro atoms. The van der Waals surface area contributed by atoms with E-state index in [9.17, 15) is 9.59 Å². The summed E-state index contributed by atoms with van der Waals surface area (Å²) in [7, 11) is 0. The van der Waals surface area contributed by atoms with Crippen LogP contribution in [0.2, 0.25) is 0 Å². The zero-order valence-corrected chi connectivity index (χ0v) is 14.5. The number of piperidine rings is 1. The minimum absolute atomic E-state index is 0.0851. The zero-order valence-electron chi connectivity index (χ0n) is 14.5. The second-order valence-electron chi connectivity index (χ2n) is 6.47. The Labute approximate surface area is 147 Å². The lowest BCUT2D eigenvalue weighted by Gasteiger charge is -2.36. The van der Waals surface area contributed by atoms with Crippen LogP contribution >= 0.6 is 0 Å². The maximum absolute atomic E-state index is 12.6. The fourth-order valence-electron chi connectivity index (χ4n) is 3.31. The van der Waals surface area contributed by atoms with Crippen LogP contribution in [0.15, 0.2) is 12.4 Å². The van der Waals surface area contributed by atoms with Crippen molar-refractivity contribution in [2.45, 2.75) is 25.8 Å². The molecule has 3 heterocycles. The van der Waals surface area contributed by atoms with Crippen LogP contribution in [-0.4, -0.2) is 82.7 Å². The number of rotatable bonds is 5. The molecule has 0 saturated carbocycles. The van der Waals surface area contributed by atoms with E-state index >= 15 is 0 Å². The van der Waals surface area contributed by atoms with Crippen LogP contribution in [0.3, 0.4) is 0 Å². The molecule has 3 rings (SSSR count). The number of aryl methyl sites for hydroxylation is 1. The van der Waals surface area contributed by atoms with Crippen molar-refractivity contribution in [3.8, 4) is 0 Å². The van der Waals surface area contributed by atoms with Gasteiger partial charge in [0, 0.05) is 45.5 Å². The zero-order chi connectivity index (χ0) is 17.5. The van der Waals surface area contributed by atoms with Gasteiger partial charge in [0.1, 0.15) is 0 Å². The van der Waals surface area contributed by atoms with Crippen LogP contribution in [0.1, 0.15) is 19.3 Å². The second kappa shape index (κ2) is 8.80. The summed E-state index contributed by atoms with van der Waals surface area (Å²) in [4.78, 5) is 28.6. The van der Waals surface area contributed by atoms with Gasteiger partial charge in [0.25, 0.3) is 0 Å². The number of carbonyl (C=O) groups excluding carboxylic acids is 2. The molecule has 1 aromatic rings. The van der Waals surface area contributed by atoms with Crippen LogP contribution in [-0.2, 0) is 16.1 Å². The molecule has 9 heteroatoms. The molecule has 2 saturated heterocycles. The molecule has 3 amide bonds. The van der Waals surface area contributed by atoms with Crippen molar-refractivity contribution >= 4 is 11.9 Å². The third-order valence-corrected chi connectivity index (χ3v) is 4.69. The molecule has 0 aromatic carbocycles.